The van der Waals surface area contributed by atoms with Crippen molar-refractivity contribution in [3.05, 3.63) is 4.91 Å². The molecular formula is C8H15N4O+. The summed E-state index contributed by atoms with van der Waals surface area (Å²) in [6, 6.07) is 1.05. The van der Waals surface area contributed by atoms with Crippen LogP contribution in [0.2, 0.25) is 0 Å². The number of fused-ring (bicyclic) bond motifs is 3. The van der Waals surface area contributed by atoms with Gasteiger partial charge in [-0.15, -0.1) is 5.01 Å². The summed E-state index contributed by atoms with van der Waals surface area (Å²) in [5.74, 6) is 0. The average molecular weight is 183 g/mol. The van der Waals surface area contributed by atoms with Gasteiger partial charge >= 0.3 is 0 Å². The second kappa shape index (κ2) is 2.57. The van der Waals surface area contributed by atoms with Crippen molar-refractivity contribution in [3.8, 4) is 0 Å². The second-order valence-corrected chi connectivity index (χ2v) is 4.15. The van der Waals surface area contributed by atoms with Crippen LogP contribution in [0, 0.1) is 4.91 Å². The zero-order valence-electron chi connectivity index (χ0n) is 7.65. The molecule has 13 heavy (non-hydrogen) atoms. The van der Waals surface area contributed by atoms with E-state index in [1.54, 1.807) is 0 Å². The lowest BCUT2D eigenvalue weighted by molar-refractivity contribution is -0.790. The molecule has 5 nitrogen and oxygen atoms in total. The molecule has 0 saturated carbocycles. The maximum atomic E-state index is 11.5. The van der Waals surface area contributed by atoms with E-state index in [0.717, 1.165) is 24.5 Å². The number of nitroso groups, excluding NO2 is 1. The Morgan fingerprint density at radius 2 is 1.92 bits per heavy atom. The van der Waals surface area contributed by atoms with Gasteiger partial charge in [0, 0.05) is 6.54 Å². The molecule has 0 radical (unpaired) electrons. The number of hydrogen-bond donors (Lipinski definition) is 1. The van der Waals surface area contributed by atoms with Gasteiger partial charge in [0.1, 0.15) is 6.04 Å². The third-order valence-electron chi connectivity index (χ3n) is 3.46. The van der Waals surface area contributed by atoms with Crippen LogP contribution in [-0.4, -0.2) is 40.2 Å². The van der Waals surface area contributed by atoms with Crippen molar-refractivity contribution >= 4 is 0 Å². The third-order valence-corrected chi connectivity index (χ3v) is 3.46. The fourth-order valence-electron chi connectivity index (χ4n) is 2.88. The van der Waals surface area contributed by atoms with Crippen LogP contribution in [0.25, 0.3) is 0 Å². The van der Waals surface area contributed by atoms with E-state index >= 15 is 0 Å². The summed E-state index contributed by atoms with van der Waals surface area (Å²) in [5.41, 5.74) is 2.89. The van der Waals surface area contributed by atoms with Gasteiger partial charge in [-0.3, -0.25) is 0 Å². The summed E-state index contributed by atoms with van der Waals surface area (Å²) in [7, 11) is 0. The molecule has 3 saturated heterocycles. The predicted molar refractivity (Wildman–Crippen MR) is 46.2 cm³/mol. The maximum Gasteiger partial charge on any atom is 0.264 e. The molecule has 2 atom stereocenters. The maximum absolute atomic E-state index is 11.5. The van der Waals surface area contributed by atoms with Crippen LogP contribution in [0.5, 0.6) is 0 Å². The highest BCUT2D eigenvalue weighted by molar-refractivity contribution is 4.90. The van der Waals surface area contributed by atoms with E-state index in [1.807, 2.05) is 5.01 Å². The highest BCUT2D eigenvalue weighted by Gasteiger charge is 2.50. The van der Waals surface area contributed by atoms with E-state index in [9.17, 15) is 4.91 Å². The molecule has 5 heteroatoms. The minimum atomic E-state index is 0.473. The van der Waals surface area contributed by atoms with Crippen LogP contribution < -0.4 is 5.53 Å². The van der Waals surface area contributed by atoms with Gasteiger partial charge in [0.25, 0.3) is 4.98 Å². The molecule has 0 unspecified atom stereocenters. The zero-order chi connectivity index (χ0) is 8.84. The number of hydrogen-bond acceptors (Lipinski definition) is 2. The Balaban J connectivity index is 1.88. The first-order chi connectivity index (χ1) is 6.36. The SMILES string of the molecule is O=[N+]1NN2CCC[C@@H]2[C@@H]2CCCN21. The van der Waals surface area contributed by atoms with Crippen LogP contribution in [0.4, 0.5) is 0 Å². The van der Waals surface area contributed by atoms with Crippen LogP contribution in [0.3, 0.4) is 0 Å². The lowest BCUT2D eigenvalue weighted by Crippen LogP contribution is -2.64. The molecule has 0 aromatic heterocycles. The van der Waals surface area contributed by atoms with Crippen LogP contribution in [0.15, 0.2) is 0 Å². The summed E-state index contributed by atoms with van der Waals surface area (Å²) in [6.45, 7) is 1.94. The Bertz CT molecular complexity index is 244. The van der Waals surface area contributed by atoms with Crippen molar-refractivity contribution in [1.82, 2.24) is 15.6 Å². The van der Waals surface area contributed by atoms with Gasteiger partial charge in [-0.25, -0.2) is 0 Å². The normalized spacial score (nSPS) is 38.8. The van der Waals surface area contributed by atoms with Crippen LogP contribution in [0.1, 0.15) is 25.7 Å². The highest BCUT2D eigenvalue weighted by atomic mass is 16.4. The Morgan fingerprint density at radius 1 is 1.15 bits per heavy atom. The third kappa shape index (κ3) is 0.964. The first-order valence-corrected chi connectivity index (χ1v) is 5.13. The minimum absolute atomic E-state index is 0.473. The summed E-state index contributed by atoms with van der Waals surface area (Å²) in [6.07, 6.45) is 4.80. The molecule has 0 amide bonds. The van der Waals surface area contributed by atoms with E-state index in [-0.39, 0.29) is 0 Å². The van der Waals surface area contributed by atoms with Gasteiger partial charge in [-0.2, -0.15) is 5.01 Å². The van der Waals surface area contributed by atoms with Gasteiger partial charge in [0.2, 0.25) is 0 Å². The van der Waals surface area contributed by atoms with E-state index < -0.39 is 0 Å². The highest BCUT2D eigenvalue weighted by Crippen LogP contribution is 2.31. The lowest BCUT2D eigenvalue weighted by atomic mass is 10.0. The summed E-state index contributed by atoms with van der Waals surface area (Å²) < 4.78 is 0. The number of rotatable bonds is 0. The van der Waals surface area contributed by atoms with Crippen molar-refractivity contribution in [3.63, 3.8) is 0 Å². The molecule has 0 aromatic carbocycles. The molecule has 0 spiro atoms. The van der Waals surface area contributed by atoms with Crippen molar-refractivity contribution in [2.75, 3.05) is 13.1 Å². The smallest absolute Gasteiger partial charge is 0.162 e. The van der Waals surface area contributed by atoms with Gasteiger partial charge in [0.15, 0.2) is 0 Å². The van der Waals surface area contributed by atoms with Crippen molar-refractivity contribution in [2.45, 2.75) is 37.8 Å². The van der Waals surface area contributed by atoms with Gasteiger partial charge in [-0.05, 0) is 31.2 Å². The lowest BCUT2D eigenvalue weighted by Gasteiger charge is -2.33. The largest absolute Gasteiger partial charge is 0.264 e. The predicted octanol–water partition coefficient (Wildman–Crippen LogP) is 0.0423. The number of nitrogens with one attached hydrogen (secondary N) is 1. The quantitative estimate of drug-likeness (QED) is 0.538. The van der Waals surface area contributed by atoms with E-state index in [0.29, 0.717) is 12.1 Å². The van der Waals surface area contributed by atoms with Crippen molar-refractivity contribution in [2.24, 2.45) is 0 Å². The fourth-order valence-corrected chi connectivity index (χ4v) is 2.88. The van der Waals surface area contributed by atoms with E-state index in [4.69, 9.17) is 0 Å². The molecule has 3 fully saturated rings. The van der Waals surface area contributed by atoms with Crippen LogP contribution >= 0.6 is 0 Å². The standard InChI is InChI=1S/C8H15N4O/c13-12-9-10-5-1-3-7(10)8-4-2-6-11(8)12/h7-8H,1-6H2,(H,9,13)/q+1/t7-,8+/m1/s1. The first kappa shape index (κ1) is 7.55. The first-order valence-electron chi connectivity index (χ1n) is 5.13. The summed E-state index contributed by atoms with van der Waals surface area (Å²) in [5, 5.41) is 4.05. The molecule has 0 aromatic rings. The molecule has 0 aliphatic carbocycles. The van der Waals surface area contributed by atoms with Crippen LogP contribution in [-0.2, 0) is 0 Å². The molecule has 3 aliphatic rings. The Morgan fingerprint density at radius 3 is 2.85 bits per heavy atom. The monoisotopic (exact) mass is 183 g/mol. The van der Waals surface area contributed by atoms with Crippen molar-refractivity contribution in [1.29, 1.82) is 0 Å². The van der Waals surface area contributed by atoms with Gasteiger partial charge in [0.05, 0.1) is 17.5 Å². The molecule has 1 N–H and O–H groups in total. The Kier molecular flexibility index (Phi) is 1.49. The second-order valence-electron chi connectivity index (χ2n) is 4.15. The van der Waals surface area contributed by atoms with Gasteiger partial charge in [-0.1, -0.05) is 0 Å². The fraction of sp³-hybridized carbons (Fsp3) is 1.00. The Hall–Kier alpha value is -0.840. The molecule has 3 heterocycles. The summed E-state index contributed by atoms with van der Waals surface area (Å²) in [4.78, 5) is 12.4. The molecule has 3 rings (SSSR count). The topological polar surface area (TPSA) is 38.6 Å². The number of hydrazine groups is 3. The zero-order valence-corrected chi connectivity index (χ0v) is 7.65. The minimum Gasteiger partial charge on any atom is -0.162 e. The average Bonchev–Trinajstić information content (AvgIpc) is 2.66. The van der Waals surface area contributed by atoms with Crippen molar-refractivity contribution < 1.29 is 4.98 Å². The summed E-state index contributed by atoms with van der Waals surface area (Å²) >= 11 is 0. The molecule has 3 aliphatic heterocycles. The Labute approximate surface area is 77.2 Å². The molecular weight excluding hydrogens is 168 g/mol. The molecule has 0 bridgehead atoms. The van der Waals surface area contributed by atoms with E-state index in [1.165, 1.54) is 19.3 Å². The molecule has 72 valence electrons. The van der Waals surface area contributed by atoms with Gasteiger partial charge < -0.3 is 0 Å². The number of nitrogens with zero attached hydrogens (tertiary/aromatic N) is 3. The van der Waals surface area contributed by atoms with E-state index in [2.05, 4.69) is 10.5 Å².